The molecule has 2 aromatic rings. The molecule has 0 spiro atoms. The number of hydrogen-bond acceptors (Lipinski definition) is 2. The molecule has 16 heavy (non-hydrogen) atoms. The maximum atomic E-state index is 4.35. The van der Waals surface area contributed by atoms with Gasteiger partial charge >= 0.3 is 0 Å². The Kier molecular flexibility index (Phi) is 3.57. The van der Waals surface area contributed by atoms with Gasteiger partial charge in [0.25, 0.3) is 0 Å². The third-order valence-corrected chi connectivity index (χ3v) is 2.83. The molecule has 0 atom stereocenters. The topological polar surface area (TPSA) is 16.1 Å². The van der Waals surface area contributed by atoms with Crippen molar-refractivity contribution >= 4 is 21.7 Å². The molecule has 0 bridgehead atoms. The first-order chi connectivity index (χ1) is 7.75. The molecule has 0 unspecified atom stereocenters. The van der Waals surface area contributed by atoms with Crippen LogP contribution in [0.3, 0.4) is 0 Å². The molecule has 2 rings (SSSR count). The Balaban J connectivity index is 2.09. The van der Waals surface area contributed by atoms with Gasteiger partial charge in [-0.3, -0.25) is 0 Å². The monoisotopic (exact) mass is 276 g/mol. The SMILES string of the molecule is CN(Cc1ccccc1)c1ccc(Br)cn1. The lowest BCUT2D eigenvalue weighted by Crippen LogP contribution is -2.17. The standard InChI is InChI=1S/C13H13BrN2/c1-16(10-11-5-3-2-4-6-11)13-8-7-12(14)9-15-13/h2-9H,10H2,1H3. The van der Waals surface area contributed by atoms with Crippen LogP contribution in [0.1, 0.15) is 5.56 Å². The highest BCUT2D eigenvalue weighted by atomic mass is 79.9. The Morgan fingerprint density at radius 2 is 1.88 bits per heavy atom. The number of pyridine rings is 1. The molecule has 1 heterocycles. The molecule has 1 aromatic heterocycles. The predicted octanol–water partition coefficient (Wildman–Crippen LogP) is 3.48. The van der Waals surface area contributed by atoms with Crippen molar-refractivity contribution in [3.8, 4) is 0 Å². The zero-order chi connectivity index (χ0) is 11.4. The third kappa shape index (κ3) is 2.83. The Labute approximate surface area is 104 Å². The number of halogens is 1. The van der Waals surface area contributed by atoms with Gasteiger partial charge < -0.3 is 4.90 Å². The predicted molar refractivity (Wildman–Crippen MR) is 70.5 cm³/mol. The maximum absolute atomic E-state index is 4.35. The second-order valence-corrected chi connectivity index (χ2v) is 4.59. The van der Waals surface area contributed by atoms with Gasteiger partial charge in [-0.05, 0) is 33.6 Å². The lowest BCUT2D eigenvalue weighted by Gasteiger charge is -2.18. The van der Waals surface area contributed by atoms with E-state index in [0.717, 1.165) is 16.8 Å². The average molecular weight is 277 g/mol. The first-order valence-electron chi connectivity index (χ1n) is 5.12. The minimum absolute atomic E-state index is 0.871. The van der Waals surface area contributed by atoms with Crippen molar-refractivity contribution in [1.29, 1.82) is 0 Å². The van der Waals surface area contributed by atoms with Crippen LogP contribution >= 0.6 is 15.9 Å². The first-order valence-corrected chi connectivity index (χ1v) is 5.91. The number of rotatable bonds is 3. The zero-order valence-corrected chi connectivity index (χ0v) is 10.7. The Bertz CT molecular complexity index is 439. The van der Waals surface area contributed by atoms with Crippen LogP contribution in [0.25, 0.3) is 0 Å². The molecule has 2 nitrogen and oxygen atoms in total. The fourth-order valence-corrected chi connectivity index (χ4v) is 1.77. The van der Waals surface area contributed by atoms with Gasteiger partial charge in [0.15, 0.2) is 0 Å². The van der Waals surface area contributed by atoms with Crippen molar-refractivity contribution in [1.82, 2.24) is 4.98 Å². The Morgan fingerprint density at radius 3 is 2.50 bits per heavy atom. The zero-order valence-electron chi connectivity index (χ0n) is 9.10. The van der Waals surface area contributed by atoms with E-state index in [4.69, 9.17) is 0 Å². The summed E-state index contributed by atoms with van der Waals surface area (Å²) in [5.74, 6) is 0.979. The fourth-order valence-electron chi connectivity index (χ4n) is 1.53. The molecule has 82 valence electrons. The molecule has 0 aliphatic heterocycles. The summed E-state index contributed by atoms with van der Waals surface area (Å²) >= 11 is 3.38. The van der Waals surface area contributed by atoms with Gasteiger partial charge in [-0.15, -0.1) is 0 Å². The molecule has 3 heteroatoms. The van der Waals surface area contributed by atoms with Crippen molar-refractivity contribution in [3.05, 3.63) is 58.7 Å². The molecule has 0 radical (unpaired) electrons. The molecule has 0 N–H and O–H groups in total. The number of anilines is 1. The van der Waals surface area contributed by atoms with Crippen LogP contribution < -0.4 is 4.90 Å². The van der Waals surface area contributed by atoms with E-state index in [-0.39, 0.29) is 0 Å². The van der Waals surface area contributed by atoms with Crippen LogP contribution in [0.15, 0.2) is 53.1 Å². The van der Waals surface area contributed by atoms with E-state index < -0.39 is 0 Å². The van der Waals surface area contributed by atoms with E-state index in [1.165, 1.54) is 5.56 Å². The smallest absolute Gasteiger partial charge is 0.128 e. The summed E-state index contributed by atoms with van der Waals surface area (Å²) in [4.78, 5) is 6.48. The molecule has 0 aliphatic rings. The van der Waals surface area contributed by atoms with E-state index >= 15 is 0 Å². The normalized spacial score (nSPS) is 10.1. The van der Waals surface area contributed by atoms with Crippen LogP contribution in [0.4, 0.5) is 5.82 Å². The molecule has 0 saturated heterocycles. The van der Waals surface area contributed by atoms with Crippen LogP contribution in [-0.4, -0.2) is 12.0 Å². The quantitative estimate of drug-likeness (QED) is 0.853. The molecule has 1 aromatic carbocycles. The summed E-state index contributed by atoms with van der Waals surface area (Å²) in [6.07, 6.45) is 1.82. The molecular formula is C13H13BrN2. The van der Waals surface area contributed by atoms with Gasteiger partial charge in [0.2, 0.25) is 0 Å². The number of benzene rings is 1. The van der Waals surface area contributed by atoms with Crippen LogP contribution in [0.5, 0.6) is 0 Å². The van der Waals surface area contributed by atoms with Crippen molar-refractivity contribution in [2.45, 2.75) is 6.54 Å². The van der Waals surface area contributed by atoms with Crippen LogP contribution in [0, 0.1) is 0 Å². The van der Waals surface area contributed by atoms with E-state index in [9.17, 15) is 0 Å². The van der Waals surface area contributed by atoms with Crippen LogP contribution in [-0.2, 0) is 6.54 Å². The van der Waals surface area contributed by atoms with E-state index in [2.05, 4.69) is 50.1 Å². The largest absolute Gasteiger partial charge is 0.355 e. The van der Waals surface area contributed by atoms with Crippen molar-refractivity contribution < 1.29 is 0 Å². The second kappa shape index (κ2) is 5.12. The molecular weight excluding hydrogens is 264 g/mol. The third-order valence-electron chi connectivity index (χ3n) is 2.37. The van der Waals surface area contributed by atoms with Crippen LogP contribution in [0.2, 0.25) is 0 Å². The van der Waals surface area contributed by atoms with E-state index in [1.807, 2.05) is 31.4 Å². The molecule has 0 saturated carbocycles. The van der Waals surface area contributed by atoms with Crippen molar-refractivity contribution in [2.75, 3.05) is 11.9 Å². The summed E-state index contributed by atoms with van der Waals surface area (Å²) in [6, 6.07) is 14.4. The van der Waals surface area contributed by atoms with E-state index in [1.54, 1.807) is 0 Å². The molecule has 0 fully saturated rings. The van der Waals surface area contributed by atoms with Gasteiger partial charge in [-0.2, -0.15) is 0 Å². The van der Waals surface area contributed by atoms with Gasteiger partial charge in [0.05, 0.1) is 0 Å². The highest BCUT2D eigenvalue weighted by Crippen LogP contribution is 2.15. The lowest BCUT2D eigenvalue weighted by molar-refractivity contribution is 0.897. The minimum atomic E-state index is 0.871. The Hall–Kier alpha value is -1.35. The minimum Gasteiger partial charge on any atom is -0.355 e. The van der Waals surface area contributed by atoms with Crippen molar-refractivity contribution in [2.24, 2.45) is 0 Å². The van der Waals surface area contributed by atoms with Gasteiger partial charge in [-0.25, -0.2) is 4.98 Å². The molecule has 0 amide bonds. The summed E-state index contributed by atoms with van der Waals surface area (Å²) in [6.45, 7) is 0.871. The molecule has 0 aliphatic carbocycles. The number of hydrogen-bond donors (Lipinski definition) is 0. The highest BCUT2D eigenvalue weighted by Gasteiger charge is 2.02. The van der Waals surface area contributed by atoms with E-state index in [0.29, 0.717) is 0 Å². The summed E-state index contributed by atoms with van der Waals surface area (Å²) < 4.78 is 1.00. The fraction of sp³-hybridized carbons (Fsp3) is 0.154. The van der Waals surface area contributed by atoms with Gasteiger partial charge in [-0.1, -0.05) is 30.3 Å². The van der Waals surface area contributed by atoms with Gasteiger partial charge in [0.1, 0.15) is 5.82 Å². The lowest BCUT2D eigenvalue weighted by atomic mass is 10.2. The average Bonchev–Trinajstić information content (AvgIpc) is 2.31. The van der Waals surface area contributed by atoms with Crippen molar-refractivity contribution in [3.63, 3.8) is 0 Å². The number of aromatic nitrogens is 1. The summed E-state index contributed by atoms with van der Waals surface area (Å²) in [7, 11) is 2.04. The van der Waals surface area contributed by atoms with Gasteiger partial charge in [0, 0.05) is 24.3 Å². The maximum Gasteiger partial charge on any atom is 0.128 e. The summed E-state index contributed by atoms with van der Waals surface area (Å²) in [5, 5.41) is 0. The summed E-state index contributed by atoms with van der Waals surface area (Å²) in [5.41, 5.74) is 1.29. The Morgan fingerprint density at radius 1 is 1.12 bits per heavy atom. The first kappa shape index (κ1) is 11.1. The highest BCUT2D eigenvalue weighted by molar-refractivity contribution is 9.10. The second-order valence-electron chi connectivity index (χ2n) is 3.68. The number of nitrogens with zero attached hydrogens (tertiary/aromatic N) is 2.